The quantitative estimate of drug-likeness (QED) is 0.698. The molecule has 0 rings (SSSR count). The highest BCUT2D eigenvalue weighted by Crippen LogP contribution is 2.22. The third-order valence-corrected chi connectivity index (χ3v) is 2.82. The Morgan fingerprint density at radius 3 is 2.33 bits per heavy atom. The zero-order chi connectivity index (χ0) is 11.8. The van der Waals surface area contributed by atoms with Gasteiger partial charge in [-0.1, -0.05) is 33.6 Å². The number of unbranched alkanes of at least 4 members (excludes halogenated alkanes) is 1. The van der Waals surface area contributed by atoms with Crippen LogP contribution in [-0.2, 0) is 4.79 Å². The van der Waals surface area contributed by atoms with Crippen LogP contribution in [0.2, 0.25) is 0 Å². The molecule has 0 spiro atoms. The summed E-state index contributed by atoms with van der Waals surface area (Å²) in [5.41, 5.74) is 0. The summed E-state index contributed by atoms with van der Waals surface area (Å²) < 4.78 is 12.8. The first-order chi connectivity index (χ1) is 7.02. The minimum atomic E-state index is -0.466. The van der Waals surface area contributed by atoms with Gasteiger partial charge in [0.2, 0.25) is 5.91 Å². The molecule has 2 atom stereocenters. The molecule has 2 nitrogen and oxygen atoms in total. The van der Waals surface area contributed by atoms with Crippen molar-refractivity contribution >= 4 is 5.91 Å². The molecule has 1 amide bonds. The molecular weight excluding hydrogens is 193 g/mol. The molecule has 0 fully saturated rings. The molecular formula is C12H24FNO. The summed E-state index contributed by atoms with van der Waals surface area (Å²) in [7, 11) is 0. The lowest BCUT2D eigenvalue weighted by Crippen LogP contribution is -2.42. The number of carbonyl (C=O) groups is 1. The van der Waals surface area contributed by atoms with Gasteiger partial charge in [0.15, 0.2) is 0 Å². The van der Waals surface area contributed by atoms with Crippen molar-refractivity contribution in [1.82, 2.24) is 5.32 Å². The molecule has 15 heavy (non-hydrogen) atoms. The minimum Gasteiger partial charge on any atom is -0.351 e. The number of carbonyl (C=O) groups excluding carboxylic acids is 1. The maximum atomic E-state index is 12.8. The molecule has 0 aromatic heterocycles. The molecule has 0 aliphatic carbocycles. The van der Waals surface area contributed by atoms with Crippen molar-refractivity contribution in [2.75, 3.05) is 6.67 Å². The second-order valence-corrected chi connectivity index (χ2v) is 4.51. The summed E-state index contributed by atoms with van der Waals surface area (Å²) >= 11 is 0. The Kier molecular flexibility index (Phi) is 7.35. The Morgan fingerprint density at radius 1 is 1.40 bits per heavy atom. The van der Waals surface area contributed by atoms with Crippen molar-refractivity contribution in [1.29, 1.82) is 0 Å². The van der Waals surface area contributed by atoms with Crippen LogP contribution in [0.4, 0.5) is 4.39 Å². The monoisotopic (exact) mass is 217 g/mol. The maximum Gasteiger partial charge on any atom is 0.217 e. The average molecular weight is 217 g/mol. The first kappa shape index (κ1) is 14.4. The molecule has 0 aliphatic heterocycles. The number of amides is 1. The van der Waals surface area contributed by atoms with E-state index in [4.69, 9.17) is 0 Å². The van der Waals surface area contributed by atoms with Crippen molar-refractivity contribution < 1.29 is 9.18 Å². The summed E-state index contributed by atoms with van der Waals surface area (Å²) in [6.07, 6.45) is 3.20. The van der Waals surface area contributed by atoms with E-state index in [0.29, 0.717) is 5.92 Å². The predicted molar refractivity (Wildman–Crippen MR) is 61.4 cm³/mol. The Hall–Kier alpha value is -0.600. The molecule has 0 aromatic rings. The van der Waals surface area contributed by atoms with Crippen LogP contribution in [0.1, 0.15) is 47.0 Å². The van der Waals surface area contributed by atoms with Crippen molar-refractivity contribution in [2.24, 2.45) is 11.8 Å². The van der Waals surface area contributed by atoms with Gasteiger partial charge in [0.1, 0.15) is 6.67 Å². The molecule has 0 aliphatic rings. The predicted octanol–water partition coefficient (Wildman–Crippen LogP) is 2.92. The van der Waals surface area contributed by atoms with Crippen molar-refractivity contribution in [3.8, 4) is 0 Å². The number of hydrogen-bond donors (Lipinski definition) is 1. The van der Waals surface area contributed by atoms with Gasteiger partial charge in [-0.15, -0.1) is 0 Å². The standard InChI is InChI=1S/C12H24FNO/c1-5-6-7-11(9(2)3)12(8-13)14-10(4)15/h9,11-12H,5-8H2,1-4H3,(H,14,15)/t11-,12-/m0/s1. The molecule has 0 saturated heterocycles. The molecule has 0 saturated carbocycles. The Bertz CT molecular complexity index is 182. The lowest BCUT2D eigenvalue weighted by Gasteiger charge is -2.28. The van der Waals surface area contributed by atoms with Crippen LogP contribution in [0.15, 0.2) is 0 Å². The number of halogens is 1. The van der Waals surface area contributed by atoms with Gasteiger partial charge in [-0.05, 0) is 18.3 Å². The van der Waals surface area contributed by atoms with E-state index in [1.165, 1.54) is 6.92 Å². The Balaban J connectivity index is 4.33. The van der Waals surface area contributed by atoms with Crippen LogP contribution in [-0.4, -0.2) is 18.6 Å². The van der Waals surface area contributed by atoms with Gasteiger partial charge < -0.3 is 5.32 Å². The van der Waals surface area contributed by atoms with Crippen molar-refractivity contribution in [2.45, 2.75) is 53.0 Å². The zero-order valence-electron chi connectivity index (χ0n) is 10.3. The second kappa shape index (κ2) is 7.66. The highest BCUT2D eigenvalue weighted by molar-refractivity contribution is 5.73. The fourth-order valence-electron chi connectivity index (χ4n) is 1.96. The molecule has 0 heterocycles. The zero-order valence-corrected chi connectivity index (χ0v) is 10.3. The highest BCUT2D eigenvalue weighted by atomic mass is 19.1. The molecule has 3 heteroatoms. The van der Waals surface area contributed by atoms with Crippen LogP contribution in [0.3, 0.4) is 0 Å². The summed E-state index contributed by atoms with van der Waals surface area (Å²) in [5.74, 6) is 0.516. The number of nitrogens with one attached hydrogen (secondary N) is 1. The van der Waals surface area contributed by atoms with Gasteiger partial charge in [-0.3, -0.25) is 4.79 Å². The van der Waals surface area contributed by atoms with Crippen LogP contribution >= 0.6 is 0 Å². The number of rotatable bonds is 7. The number of hydrogen-bond acceptors (Lipinski definition) is 1. The van der Waals surface area contributed by atoms with Crippen molar-refractivity contribution in [3.05, 3.63) is 0 Å². The van der Waals surface area contributed by atoms with E-state index in [-0.39, 0.29) is 17.9 Å². The summed E-state index contributed by atoms with van der Waals surface area (Å²) in [6.45, 7) is 7.28. The molecule has 90 valence electrons. The van der Waals surface area contributed by atoms with E-state index >= 15 is 0 Å². The van der Waals surface area contributed by atoms with Crippen LogP contribution in [0, 0.1) is 11.8 Å². The van der Waals surface area contributed by atoms with E-state index in [1.807, 2.05) is 0 Å². The smallest absolute Gasteiger partial charge is 0.217 e. The van der Waals surface area contributed by atoms with Gasteiger partial charge in [0, 0.05) is 6.92 Å². The third kappa shape index (κ3) is 5.75. The third-order valence-electron chi connectivity index (χ3n) is 2.82. The minimum absolute atomic E-state index is 0.139. The fraction of sp³-hybridized carbons (Fsp3) is 0.917. The second-order valence-electron chi connectivity index (χ2n) is 4.51. The molecule has 0 bridgehead atoms. The van der Waals surface area contributed by atoms with E-state index in [9.17, 15) is 9.18 Å². The van der Waals surface area contributed by atoms with E-state index in [1.54, 1.807) is 0 Å². The Morgan fingerprint density at radius 2 is 2.00 bits per heavy atom. The summed E-state index contributed by atoms with van der Waals surface area (Å²) in [6, 6.07) is -0.311. The summed E-state index contributed by atoms with van der Waals surface area (Å²) in [4.78, 5) is 10.9. The largest absolute Gasteiger partial charge is 0.351 e. The fourth-order valence-corrected chi connectivity index (χ4v) is 1.96. The molecule has 0 radical (unpaired) electrons. The molecule has 1 N–H and O–H groups in total. The SMILES string of the molecule is CCCC[C@@H](C(C)C)[C@H](CF)NC(C)=O. The van der Waals surface area contributed by atoms with E-state index < -0.39 is 6.67 Å². The Labute approximate surface area is 92.6 Å². The van der Waals surface area contributed by atoms with E-state index in [0.717, 1.165) is 19.3 Å². The first-order valence-corrected chi connectivity index (χ1v) is 5.86. The highest BCUT2D eigenvalue weighted by Gasteiger charge is 2.24. The van der Waals surface area contributed by atoms with Crippen molar-refractivity contribution in [3.63, 3.8) is 0 Å². The van der Waals surface area contributed by atoms with Gasteiger partial charge in [0.25, 0.3) is 0 Å². The van der Waals surface area contributed by atoms with Crippen LogP contribution in [0.25, 0.3) is 0 Å². The summed E-state index contributed by atoms with van der Waals surface area (Å²) in [5, 5.41) is 2.71. The lowest BCUT2D eigenvalue weighted by atomic mass is 9.84. The molecule has 0 unspecified atom stereocenters. The van der Waals surface area contributed by atoms with Gasteiger partial charge in [-0.25, -0.2) is 4.39 Å². The van der Waals surface area contributed by atoms with Gasteiger partial charge >= 0.3 is 0 Å². The number of alkyl halides is 1. The maximum absolute atomic E-state index is 12.8. The normalized spacial score (nSPS) is 15.1. The topological polar surface area (TPSA) is 29.1 Å². The molecule has 0 aromatic carbocycles. The first-order valence-electron chi connectivity index (χ1n) is 5.86. The van der Waals surface area contributed by atoms with Crippen LogP contribution < -0.4 is 5.32 Å². The van der Waals surface area contributed by atoms with Gasteiger partial charge in [-0.2, -0.15) is 0 Å². The average Bonchev–Trinajstić information content (AvgIpc) is 2.15. The van der Waals surface area contributed by atoms with Gasteiger partial charge in [0.05, 0.1) is 6.04 Å². The van der Waals surface area contributed by atoms with E-state index in [2.05, 4.69) is 26.1 Å². The lowest BCUT2D eigenvalue weighted by molar-refractivity contribution is -0.120. The van der Waals surface area contributed by atoms with Crippen LogP contribution in [0.5, 0.6) is 0 Å².